The van der Waals surface area contributed by atoms with E-state index in [1.807, 2.05) is 27.7 Å². The van der Waals surface area contributed by atoms with E-state index in [-0.39, 0.29) is 0 Å². The highest BCUT2D eigenvalue weighted by Crippen LogP contribution is 2.49. The summed E-state index contributed by atoms with van der Waals surface area (Å²) < 4.78 is 65.4. The van der Waals surface area contributed by atoms with Gasteiger partial charge in [-0.05, 0) is 0 Å². The molecule has 0 bridgehead atoms. The summed E-state index contributed by atoms with van der Waals surface area (Å²) in [6.45, 7) is 8.00. The first-order valence-electron chi connectivity index (χ1n) is 6.47. The molecule has 0 unspecified atom stereocenters. The minimum Gasteiger partial charge on any atom is -0.280 e. The lowest BCUT2D eigenvalue weighted by molar-refractivity contribution is -0.578. The second-order valence-corrected chi connectivity index (χ2v) is 3.42. The van der Waals surface area contributed by atoms with Crippen LogP contribution in [0.4, 0.5) is 22.0 Å². The molecule has 0 saturated carbocycles. The summed E-state index contributed by atoms with van der Waals surface area (Å²) in [5.74, 6) is -14.8. The van der Waals surface area contributed by atoms with Gasteiger partial charge in [0.25, 0.3) is 11.5 Å². The van der Waals surface area contributed by atoms with E-state index in [0.717, 1.165) is 12.4 Å². The number of alkyl halides is 4. The minimum absolute atomic E-state index is 0.604. The van der Waals surface area contributed by atoms with Crippen LogP contribution < -0.4 is 4.57 Å². The average Bonchev–Trinajstić information content (AvgIpc) is 2.62. The maximum Gasteiger partial charge on any atom is 0.384 e. The van der Waals surface area contributed by atoms with Crippen LogP contribution in [0.2, 0.25) is 0 Å². The topological polar surface area (TPSA) is 20.9 Å². The maximum atomic E-state index is 13.2. The van der Waals surface area contributed by atoms with Gasteiger partial charge in [-0.25, -0.2) is 0 Å². The molecule has 7 heteroatoms. The molecule has 0 spiro atoms. The zero-order valence-electron chi connectivity index (χ0n) is 12.1. The predicted octanol–water partition coefficient (Wildman–Crippen LogP) is 4.02. The van der Waals surface area contributed by atoms with Crippen molar-refractivity contribution >= 4 is 11.5 Å². The average molecular weight is 310 g/mol. The fourth-order valence-electron chi connectivity index (χ4n) is 1.46. The van der Waals surface area contributed by atoms with Crippen LogP contribution >= 0.6 is 0 Å². The number of halogens is 5. The van der Waals surface area contributed by atoms with Crippen LogP contribution in [0.3, 0.4) is 0 Å². The van der Waals surface area contributed by atoms with E-state index in [4.69, 9.17) is 0 Å². The third-order valence-corrected chi connectivity index (χ3v) is 2.35. The van der Waals surface area contributed by atoms with Crippen LogP contribution in [0, 0.1) is 0 Å². The second-order valence-electron chi connectivity index (χ2n) is 3.42. The lowest BCUT2D eigenvalue weighted by Gasteiger charge is -2.14. The SMILES string of the molecule is CC.CC.O=C1C([n+]2ccccc2)=C(F)C(F)(F)C1(F)F. The molecule has 0 amide bonds. The molecule has 1 aromatic heterocycles. The summed E-state index contributed by atoms with van der Waals surface area (Å²) in [6.07, 6.45) is 2.06. The number of aromatic nitrogens is 1. The summed E-state index contributed by atoms with van der Waals surface area (Å²) in [5.41, 5.74) is -1.33. The number of pyridine rings is 1. The first-order valence-corrected chi connectivity index (χ1v) is 6.47. The Bertz CT molecular complexity index is 511. The molecule has 118 valence electrons. The number of hydrogen-bond acceptors (Lipinski definition) is 1. The Labute approximate surface area is 119 Å². The molecular weight excluding hydrogens is 293 g/mol. The zero-order valence-corrected chi connectivity index (χ0v) is 12.1. The Kier molecular flexibility index (Phi) is 6.66. The number of carbonyl (C=O) groups is 1. The van der Waals surface area contributed by atoms with Crippen molar-refractivity contribution in [3.05, 3.63) is 36.4 Å². The normalized spacial score (nSPS) is 18.4. The molecule has 0 atom stereocenters. The van der Waals surface area contributed by atoms with Gasteiger partial charge in [0.2, 0.25) is 0 Å². The number of Topliss-reactive ketones (excluding diaryl/α,β-unsaturated/α-hetero) is 1. The molecule has 1 aliphatic rings. The van der Waals surface area contributed by atoms with Crippen LogP contribution in [-0.2, 0) is 4.79 Å². The molecule has 0 saturated heterocycles. The molecule has 1 aliphatic carbocycles. The molecule has 2 rings (SSSR count). The molecule has 0 fully saturated rings. The lowest BCUT2D eigenvalue weighted by Crippen LogP contribution is -2.44. The molecule has 0 radical (unpaired) electrons. The number of allylic oxidation sites excluding steroid dienone is 2. The standard InChI is InChI=1S/C10H5F5NO.2C2H6/c11-7-6(16-4-2-1-3-5-16)8(17)10(14,15)9(7,12)13;2*1-2/h1-5H;2*1-2H3/q+1;;. The Balaban J connectivity index is 0.000000921. The Morgan fingerprint density at radius 3 is 1.62 bits per heavy atom. The highest BCUT2D eigenvalue weighted by Gasteiger charge is 2.75. The van der Waals surface area contributed by atoms with Gasteiger partial charge < -0.3 is 0 Å². The van der Waals surface area contributed by atoms with Crippen molar-refractivity contribution in [1.29, 1.82) is 0 Å². The Morgan fingerprint density at radius 2 is 1.29 bits per heavy atom. The molecule has 1 aromatic rings. The van der Waals surface area contributed by atoms with Crippen LogP contribution in [0.25, 0.3) is 5.70 Å². The molecule has 0 N–H and O–H groups in total. The lowest BCUT2D eigenvalue weighted by atomic mass is 10.2. The van der Waals surface area contributed by atoms with Gasteiger partial charge in [0.1, 0.15) is 0 Å². The number of ketones is 1. The van der Waals surface area contributed by atoms with Crippen molar-refractivity contribution < 1.29 is 31.3 Å². The van der Waals surface area contributed by atoms with Gasteiger partial charge in [-0.1, -0.05) is 33.8 Å². The van der Waals surface area contributed by atoms with Crippen LogP contribution in [-0.4, -0.2) is 17.6 Å². The summed E-state index contributed by atoms with van der Waals surface area (Å²) in [4.78, 5) is 11.1. The van der Waals surface area contributed by atoms with Crippen LogP contribution in [0.15, 0.2) is 36.4 Å². The van der Waals surface area contributed by atoms with Gasteiger partial charge in [-0.15, -0.1) is 0 Å². The van der Waals surface area contributed by atoms with Crippen molar-refractivity contribution in [3.63, 3.8) is 0 Å². The van der Waals surface area contributed by atoms with Gasteiger partial charge in [-0.2, -0.15) is 26.5 Å². The van der Waals surface area contributed by atoms with Crippen LogP contribution in [0.1, 0.15) is 27.7 Å². The molecule has 2 nitrogen and oxygen atoms in total. The van der Waals surface area contributed by atoms with Gasteiger partial charge in [-0.3, -0.25) is 4.79 Å². The van der Waals surface area contributed by atoms with Crippen molar-refractivity contribution in [2.75, 3.05) is 0 Å². The molecule has 21 heavy (non-hydrogen) atoms. The van der Waals surface area contributed by atoms with E-state index in [0.29, 0.717) is 4.57 Å². The largest absolute Gasteiger partial charge is 0.384 e. The minimum atomic E-state index is -5.09. The van der Waals surface area contributed by atoms with Gasteiger partial charge in [0.05, 0.1) is 0 Å². The van der Waals surface area contributed by atoms with Crippen molar-refractivity contribution in [1.82, 2.24) is 0 Å². The number of nitrogens with zero attached hydrogens (tertiary/aromatic N) is 1. The highest BCUT2D eigenvalue weighted by atomic mass is 19.3. The number of carbonyl (C=O) groups excluding carboxylic acids is 1. The van der Waals surface area contributed by atoms with Crippen LogP contribution in [0.5, 0.6) is 0 Å². The third kappa shape index (κ3) is 3.11. The van der Waals surface area contributed by atoms with E-state index < -0.39 is 29.2 Å². The first-order chi connectivity index (χ1) is 9.80. The maximum absolute atomic E-state index is 13.2. The van der Waals surface area contributed by atoms with Crippen molar-refractivity contribution in [3.8, 4) is 0 Å². The summed E-state index contributed by atoms with van der Waals surface area (Å²) in [5, 5.41) is 0. The monoisotopic (exact) mass is 310 g/mol. The summed E-state index contributed by atoms with van der Waals surface area (Å²) >= 11 is 0. The Hall–Kier alpha value is -1.79. The quantitative estimate of drug-likeness (QED) is 0.567. The Morgan fingerprint density at radius 1 is 0.857 bits per heavy atom. The van der Waals surface area contributed by atoms with E-state index in [9.17, 15) is 26.7 Å². The fraction of sp³-hybridized carbons (Fsp3) is 0.429. The second kappa shape index (κ2) is 7.28. The van der Waals surface area contributed by atoms with Crippen molar-refractivity contribution in [2.45, 2.75) is 39.5 Å². The smallest absolute Gasteiger partial charge is 0.280 e. The molecule has 1 heterocycles. The number of rotatable bonds is 1. The summed E-state index contributed by atoms with van der Waals surface area (Å²) in [6, 6.07) is 4.05. The molecule has 0 aromatic carbocycles. The highest BCUT2D eigenvalue weighted by molar-refractivity contribution is 6.20. The predicted molar refractivity (Wildman–Crippen MR) is 68.6 cm³/mol. The molecule has 0 aliphatic heterocycles. The summed E-state index contributed by atoms with van der Waals surface area (Å²) in [7, 11) is 0. The fourth-order valence-corrected chi connectivity index (χ4v) is 1.46. The third-order valence-electron chi connectivity index (χ3n) is 2.35. The zero-order chi connectivity index (χ0) is 16.8. The van der Waals surface area contributed by atoms with Gasteiger partial charge in [0, 0.05) is 12.1 Å². The van der Waals surface area contributed by atoms with E-state index in [1.54, 1.807) is 0 Å². The molecular formula is C14H17F5NO+. The first kappa shape index (κ1) is 19.2. The van der Waals surface area contributed by atoms with E-state index >= 15 is 0 Å². The van der Waals surface area contributed by atoms with E-state index in [1.165, 1.54) is 18.2 Å². The number of hydrogen-bond donors (Lipinski definition) is 0. The van der Waals surface area contributed by atoms with Gasteiger partial charge in [0.15, 0.2) is 12.4 Å². The van der Waals surface area contributed by atoms with E-state index in [2.05, 4.69) is 0 Å². The van der Waals surface area contributed by atoms with Gasteiger partial charge >= 0.3 is 17.6 Å². The van der Waals surface area contributed by atoms with Crippen molar-refractivity contribution in [2.24, 2.45) is 0 Å².